The molecule has 0 N–H and O–H groups in total. The van der Waals surface area contributed by atoms with Gasteiger partial charge in [0, 0.05) is 0 Å². The Balaban J connectivity index is 2.38. The van der Waals surface area contributed by atoms with Crippen molar-refractivity contribution in [1.82, 2.24) is 0 Å². The van der Waals surface area contributed by atoms with Crippen molar-refractivity contribution >= 4 is 5.78 Å². The van der Waals surface area contributed by atoms with Gasteiger partial charge in [-0.3, -0.25) is 4.79 Å². The second kappa shape index (κ2) is 2.07. The maximum absolute atomic E-state index is 11.5. The lowest BCUT2D eigenvalue weighted by atomic mass is 9.79. The van der Waals surface area contributed by atoms with Gasteiger partial charge in [0.2, 0.25) is 0 Å². The van der Waals surface area contributed by atoms with Gasteiger partial charge in [-0.05, 0) is 32.3 Å². The van der Waals surface area contributed by atoms with Gasteiger partial charge in [-0.25, -0.2) is 0 Å². The molecule has 58 valence electrons. The summed E-state index contributed by atoms with van der Waals surface area (Å²) in [4.78, 5) is 11.5. The number of allylic oxidation sites excluding steroid dienone is 4. The number of hydrogen-bond acceptors (Lipinski definition) is 1. The largest absolute Gasteiger partial charge is 0.294 e. The van der Waals surface area contributed by atoms with Crippen LogP contribution in [0.15, 0.2) is 23.8 Å². The zero-order valence-corrected chi connectivity index (χ0v) is 6.76. The van der Waals surface area contributed by atoms with Crippen molar-refractivity contribution in [3.8, 4) is 0 Å². The molecule has 0 aromatic heterocycles. The first-order valence-corrected chi connectivity index (χ1v) is 4.14. The Morgan fingerprint density at radius 1 is 1.55 bits per heavy atom. The topological polar surface area (TPSA) is 17.1 Å². The molecule has 0 saturated carbocycles. The van der Waals surface area contributed by atoms with Gasteiger partial charge in [-0.15, -0.1) is 0 Å². The van der Waals surface area contributed by atoms with Crippen molar-refractivity contribution in [2.24, 2.45) is 5.41 Å². The van der Waals surface area contributed by atoms with Crippen LogP contribution in [0.4, 0.5) is 0 Å². The molecule has 0 aromatic rings. The highest BCUT2D eigenvalue weighted by Crippen LogP contribution is 2.45. The standard InChI is InChI=1S/C10H12O/c1-8-4-2-6-10(8)7-3-5-9(10)11/h3-5H,2,6-7H2,1H3/t10-/m0/s1. The van der Waals surface area contributed by atoms with Crippen LogP contribution in [0.25, 0.3) is 0 Å². The maximum Gasteiger partial charge on any atom is 0.165 e. The summed E-state index contributed by atoms with van der Waals surface area (Å²) in [5.41, 5.74) is 1.20. The molecule has 0 amide bonds. The van der Waals surface area contributed by atoms with Crippen molar-refractivity contribution in [3.05, 3.63) is 23.8 Å². The fourth-order valence-corrected chi connectivity index (χ4v) is 2.14. The van der Waals surface area contributed by atoms with E-state index in [2.05, 4.69) is 13.0 Å². The molecule has 0 heterocycles. The Hall–Kier alpha value is -0.850. The molecule has 0 unspecified atom stereocenters. The Kier molecular flexibility index (Phi) is 1.28. The summed E-state index contributed by atoms with van der Waals surface area (Å²) in [6.07, 6.45) is 9.00. The summed E-state index contributed by atoms with van der Waals surface area (Å²) in [5, 5.41) is 0. The summed E-state index contributed by atoms with van der Waals surface area (Å²) in [5.74, 6) is 0.323. The van der Waals surface area contributed by atoms with E-state index in [0.717, 1.165) is 19.3 Å². The zero-order valence-electron chi connectivity index (χ0n) is 6.76. The molecule has 1 spiro atoms. The second-order valence-corrected chi connectivity index (χ2v) is 3.48. The van der Waals surface area contributed by atoms with E-state index in [0.29, 0.717) is 5.78 Å². The predicted molar refractivity (Wildman–Crippen MR) is 44.2 cm³/mol. The molecule has 0 aromatic carbocycles. The van der Waals surface area contributed by atoms with Gasteiger partial charge in [0.1, 0.15) is 0 Å². The van der Waals surface area contributed by atoms with E-state index in [9.17, 15) is 4.79 Å². The Bertz CT molecular complexity index is 256. The van der Waals surface area contributed by atoms with Crippen LogP contribution in [0.5, 0.6) is 0 Å². The fraction of sp³-hybridized carbons (Fsp3) is 0.500. The van der Waals surface area contributed by atoms with E-state index in [1.54, 1.807) is 6.08 Å². The summed E-state index contributed by atoms with van der Waals surface area (Å²) in [6, 6.07) is 0. The van der Waals surface area contributed by atoms with Gasteiger partial charge >= 0.3 is 0 Å². The van der Waals surface area contributed by atoms with E-state index >= 15 is 0 Å². The number of ketones is 1. The molecule has 1 heteroatoms. The highest BCUT2D eigenvalue weighted by molar-refractivity contribution is 5.99. The van der Waals surface area contributed by atoms with E-state index in [1.165, 1.54) is 5.57 Å². The van der Waals surface area contributed by atoms with Crippen LogP contribution in [0.1, 0.15) is 26.2 Å². The molecular formula is C10H12O. The average Bonchev–Trinajstić information content (AvgIpc) is 2.48. The molecule has 2 aliphatic rings. The first kappa shape index (κ1) is 6.84. The summed E-state index contributed by atoms with van der Waals surface area (Å²) in [6.45, 7) is 2.08. The van der Waals surface area contributed by atoms with Gasteiger partial charge in [-0.1, -0.05) is 17.7 Å². The lowest BCUT2D eigenvalue weighted by Crippen LogP contribution is -2.24. The van der Waals surface area contributed by atoms with E-state index in [-0.39, 0.29) is 5.41 Å². The van der Waals surface area contributed by atoms with Crippen LogP contribution < -0.4 is 0 Å². The highest BCUT2D eigenvalue weighted by atomic mass is 16.1. The van der Waals surface area contributed by atoms with Crippen LogP contribution >= 0.6 is 0 Å². The lowest BCUT2D eigenvalue weighted by molar-refractivity contribution is -0.120. The molecular weight excluding hydrogens is 136 g/mol. The van der Waals surface area contributed by atoms with Crippen LogP contribution in [0.3, 0.4) is 0 Å². The normalized spacial score (nSPS) is 35.4. The molecule has 11 heavy (non-hydrogen) atoms. The monoisotopic (exact) mass is 148 g/mol. The molecule has 1 atom stereocenters. The predicted octanol–water partition coefficient (Wildman–Crippen LogP) is 2.24. The van der Waals surface area contributed by atoms with Crippen LogP contribution in [-0.4, -0.2) is 5.78 Å². The Morgan fingerprint density at radius 3 is 2.82 bits per heavy atom. The molecule has 0 bridgehead atoms. The van der Waals surface area contributed by atoms with E-state index in [1.807, 2.05) is 6.08 Å². The van der Waals surface area contributed by atoms with Gasteiger partial charge in [0.05, 0.1) is 5.41 Å². The first-order chi connectivity index (χ1) is 5.26. The minimum Gasteiger partial charge on any atom is -0.294 e. The molecule has 2 aliphatic carbocycles. The molecule has 0 aliphatic heterocycles. The van der Waals surface area contributed by atoms with Gasteiger partial charge in [0.25, 0.3) is 0 Å². The average molecular weight is 148 g/mol. The molecule has 1 nitrogen and oxygen atoms in total. The van der Waals surface area contributed by atoms with Crippen LogP contribution in [0, 0.1) is 5.41 Å². The quantitative estimate of drug-likeness (QED) is 0.481. The van der Waals surface area contributed by atoms with Gasteiger partial charge in [0.15, 0.2) is 5.78 Å². The third kappa shape index (κ3) is 0.740. The third-order valence-electron chi connectivity index (χ3n) is 2.98. The lowest BCUT2D eigenvalue weighted by Gasteiger charge is -2.22. The van der Waals surface area contributed by atoms with Gasteiger partial charge in [-0.2, -0.15) is 0 Å². The Labute approximate surface area is 66.8 Å². The Morgan fingerprint density at radius 2 is 2.36 bits per heavy atom. The minimum absolute atomic E-state index is 0.0833. The first-order valence-electron chi connectivity index (χ1n) is 4.14. The third-order valence-corrected chi connectivity index (χ3v) is 2.98. The zero-order chi connectivity index (χ0) is 7.90. The van der Waals surface area contributed by atoms with Crippen molar-refractivity contribution in [2.45, 2.75) is 26.2 Å². The maximum atomic E-state index is 11.5. The molecule has 0 fully saturated rings. The SMILES string of the molecule is CC1=CCC[C@]12CC=CC2=O. The van der Waals surface area contributed by atoms with E-state index < -0.39 is 0 Å². The number of carbonyl (C=O) groups excluding carboxylic acids is 1. The summed E-state index contributed by atoms with van der Waals surface area (Å²) >= 11 is 0. The number of hydrogen-bond donors (Lipinski definition) is 0. The van der Waals surface area contributed by atoms with Crippen molar-refractivity contribution in [3.63, 3.8) is 0 Å². The minimum atomic E-state index is -0.0833. The molecule has 0 saturated heterocycles. The van der Waals surface area contributed by atoms with Gasteiger partial charge < -0.3 is 0 Å². The van der Waals surface area contributed by atoms with Crippen molar-refractivity contribution in [1.29, 1.82) is 0 Å². The van der Waals surface area contributed by atoms with Crippen LogP contribution in [-0.2, 0) is 4.79 Å². The number of carbonyl (C=O) groups is 1. The smallest absolute Gasteiger partial charge is 0.165 e. The summed E-state index contributed by atoms with van der Waals surface area (Å²) in [7, 11) is 0. The van der Waals surface area contributed by atoms with Crippen LogP contribution in [0.2, 0.25) is 0 Å². The van der Waals surface area contributed by atoms with E-state index in [4.69, 9.17) is 0 Å². The fourth-order valence-electron chi connectivity index (χ4n) is 2.14. The second-order valence-electron chi connectivity index (χ2n) is 3.48. The highest BCUT2D eigenvalue weighted by Gasteiger charge is 2.42. The molecule has 2 rings (SSSR count). The number of rotatable bonds is 0. The van der Waals surface area contributed by atoms with Crippen molar-refractivity contribution < 1.29 is 4.79 Å². The summed E-state index contributed by atoms with van der Waals surface area (Å²) < 4.78 is 0. The van der Waals surface area contributed by atoms with Crippen molar-refractivity contribution in [2.75, 3.05) is 0 Å². The molecule has 0 radical (unpaired) electrons.